The summed E-state index contributed by atoms with van der Waals surface area (Å²) in [6, 6.07) is 6.08. The van der Waals surface area contributed by atoms with Crippen molar-refractivity contribution in [2.75, 3.05) is 13.1 Å². The molecule has 2 amide bonds. The summed E-state index contributed by atoms with van der Waals surface area (Å²) in [6.45, 7) is 6.55. The van der Waals surface area contributed by atoms with Crippen molar-refractivity contribution in [3.63, 3.8) is 0 Å². The number of aromatic hydroxyl groups is 1. The predicted octanol–water partition coefficient (Wildman–Crippen LogP) is 2.52. The van der Waals surface area contributed by atoms with Crippen molar-refractivity contribution in [1.29, 1.82) is 0 Å². The zero-order valence-corrected chi connectivity index (χ0v) is 13.8. The number of likely N-dealkylation sites (tertiary alicyclic amines) is 1. The minimum atomic E-state index is -0.533. The van der Waals surface area contributed by atoms with E-state index in [-0.39, 0.29) is 23.8 Å². The van der Waals surface area contributed by atoms with Crippen LogP contribution >= 0.6 is 0 Å². The zero-order valence-electron chi connectivity index (χ0n) is 13.8. The lowest BCUT2D eigenvalue weighted by atomic mass is 10.1. The number of nitrogens with zero attached hydrogens (tertiary/aromatic N) is 1. The molecule has 1 fully saturated rings. The highest BCUT2D eigenvalue weighted by molar-refractivity contribution is 5.94. The number of piperidine rings is 1. The molecule has 1 aromatic carbocycles. The van der Waals surface area contributed by atoms with E-state index in [1.165, 1.54) is 12.1 Å². The lowest BCUT2D eigenvalue weighted by Gasteiger charge is -2.34. The largest absolute Gasteiger partial charge is 0.508 e. The number of nitrogens with one attached hydrogen (secondary N) is 1. The number of rotatable bonds is 2. The van der Waals surface area contributed by atoms with Crippen LogP contribution in [0.4, 0.5) is 4.79 Å². The smallest absolute Gasteiger partial charge is 0.410 e. The van der Waals surface area contributed by atoms with Gasteiger partial charge in [-0.3, -0.25) is 4.79 Å². The van der Waals surface area contributed by atoms with E-state index in [4.69, 9.17) is 4.74 Å². The Morgan fingerprint density at radius 2 is 2.09 bits per heavy atom. The lowest BCUT2D eigenvalue weighted by molar-refractivity contribution is 0.0185. The maximum absolute atomic E-state index is 12.2. The summed E-state index contributed by atoms with van der Waals surface area (Å²) in [4.78, 5) is 26.0. The van der Waals surface area contributed by atoms with E-state index in [2.05, 4.69) is 5.32 Å². The molecule has 0 unspecified atom stereocenters. The Kier molecular flexibility index (Phi) is 5.13. The molecular formula is C17H24N2O4. The van der Waals surface area contributed by atoms with Gasteiger partial charge in [0.15, 0.2) is 0 Å². The number of phenols is 1. The second-order valence-electron chi connectivity index (χ2n) is 6.79. The summed E-state index contributed by atoms with van der Waals surface area (Å²) in [5, 5.41) is 12.4. The third-order valence-electron chi connectivity index (χ3n) is 3.52. The molecule has 23 heavy (non-hydrogen) atoms. The molecule has 0 spiro atoms. The number of carbonyl (C=O) groups excluding carboxylic acids is 2. The molecule has 1 heterocycles. The van der Waals surface area contributed by atoms with E-state index in [1.54, 1.807) is 17.0 Å². The lowest BCUT2D eigenvalue weighted by Crippen LogP contribution is -2.50. The van der Waals surface area contributed by atoms with Gasteiger partial charge in [0.1, 0.15) is 11.4 Å². The first kappa shape index (κ1) is 17.1. The first-order valence-electron chi connectivity index (χ1n) is 7.82. The van der Waals surface area contributed by atoms with Crippen LogP contribution in [0, 0.1) is 0 Å². The highest BCUT2D eigenvalue weighted by Crippen LogP contribution is 2.16. The molecule has 2 rings (SSSR count). The highest BCUT2D eigenvalue weighted by atomic mass is 16.6. The Morgan fingerprint density at radius 1 is 1.35 bits per heavy atom. The molecule has 6 heteroatoms. The fourth-order valence-electron chi connectivity index (χ4n) is 2.50. The van der Waals surface area contributed by atoms with Gasteiger partial charge in [0.05, 0.1) is 0 Å². The summed E-state index contributed by atoms with van der Waals surface area (Å²) in [6.07, 6.45) is 1.27. The maximum atomic E-state index is 12.2. The van der Waals surface area contributed by atoms with Crippen LogP contribution in [-0.2, 0) is 4.74 Å². The first-order chi connectivity index (χ1) is 10.7. The topological polar surface area (TPSA) is 78.9 Å². The Balaban J connectivity index is 1.93. The molecule has 1 aromatic rings. The van der Waals surface area contributed by atoms with E-state index in [9.17, 15) is 14.7 Å². The van der Waals surface area contributed by atoms with Gasteiger partial charge in [-0.05, 0) is 51.8 Å². The highest BCUT2D eigenvalue weighted by Gasteiger charge is 2.28. The molecule has 0 aliphatic carbocycles. The molecule has 1 aliphatic heterocycles. The SMILES string of the molecule is CC(C)(C)OC(=O)N1CCC[C@@H](NC(=O)c2cccc(O)c2)C1. The monoisotopic (exact) mass is 320 g/mol. The Labute approximate surface area is 136 Å². The zero-order chi connectivity index (χ0) is 17.0. The fraction of sp³-hybridized carbons (Fsp3) is 0.529. The van der Waals surface area contributed by atoms with Gasteiger partial charge >= 0.3 is 6.09 Å². The molecule has 2 N–H and O–H groups in total. The number of benzene rings is 1. The van der Waals surface area contributed by atoms with Crippen LogP contribution in [0.2, 0.25) is 0 Å². The molecule has 6 nitrogen and oxygen atoms in total. The van der Waals surface area contributed by atoms with Crippen molar-refractivity contribution >= 4 is 12.0 Å². The number of hydrogen-bond acceptors (Lipinski definition) is 4. The van der Waals surface area contributed by atoms with Crippen LogP contribution < -0.4 is 5.32 Å². The second kappa shape index (κ2) is 6.89. The number of carbonyl (C=O) groups is 2. The average molecular weight is 320 g/mol. The van der Waals surface area contributed by atoms with E-state index in [0.29, 0.717) is 18.7 Å². The second-order valence-corrected chi connectivity index (χ2v) is 6.79. The van der Waals surface area contributed by atoms with Gasteiger partial charge < -0.3 is 20.1 Å². The number of hydrogen-bond donors (Lipinski definition) is 2. The molecule has 0 bridgehead atoms. The molecule has 126 valence electrons. The van der Waals surface area contributed by atoms with Gasteiger partial charge in [-0.1, -0.05) is 6.07 Å². The van der Waals surface area contributed by atoms with Crippen molar-refractivity contribution < 1.29 is 19.4 Å². The van der Waals surface area contributed by atoms with E-state index >= 15 is 0 Å². The van der Waals surface area contributed by atoms with Crippen LogP contribution in [0.25, 0.3) is 0 Å². The van der Waals surface area contributed by atoms with Crippen LogP contribution in [0.3, 0.4) is 0 Å². The van der Waals surface area contributed by atoms with Crippen LogP contribution in [0.15, 0.2) is 24.3 Å². The molecule has 0 radical (unpaired) electrons. The van der Waals surface area contributed by atoms with Crippen molar-refractivity contribution in [2.45, 2.75) is 45.3 Å². The van der Waals surface area contributed by atoms with Gasteiger partial charge in [0.25, 0.3) is 5.91 Å². The van der Waals surface area contributed by atoms with E-state index < -0.39 is 5.60 Å². The number of ether oxygens (including phenoxy) is 1. The molecule has 1 saturated heterocycles. The Bertz CT molecular complexity index is 580. The predicted molar refractivity (Wildman–Crippen MR) is 86.4 cm³/mol. The van der Waals surface area contributed by atoms with Crippen LogP contribution in [0.5, 0.6) is 5.75 Å². The fourth-order valence-corrected chi connectivity index (χ4v) is 2.50. The summed E-state index contributed by atoms with van der Waals surface area (Å²) < 4.78 is 5.37. The van der Waals surface area contributed by atoms with E-state index in [0.717, 1.165) is 12.8 Å². The maximum Gasteiger partial charge on any atom is 0.410 e. The van der Waals surface area contributed by atoms with Gasteiger partial charge in [-0.25, -0.2) is 4.79 Å². The summed E-state index contributed by atoms with van der Waals surface area (Å²) in [5.74, 6) is -0.200. The van der Waals surface area contributed by atoms with Crippen molar-refractivity contribution in [1.82, 2.24) is 10.2 Å². The molecular weight excluding hydrogens is 296 g/mol. The third-order valence-corrected chi connectivity index (χ3v) is 3.52. The standard InChI is InChI=1S/C17H24N2O4/c1-17(2,3)23-16(22)19-9-5-7-13(11-19)18-15(21)12-6-4-8-14(20)10-12/h4,6,8,10,13,20H,5,7,9,11H2,1-3H3,(H,18,21)/t13-/m1/s1. The van der Waals surface area contributed by atoms with Gasteiger partial charge in [-0.2, -0.15) is 0 Å². The van der Waals surface area contributed by atoms with Gasteiger partial charge in [0, 0.05) is 24.7 Å². The van der Waals surface area contributed by atoms with Crippen molar-refractivity contribution in [3.8, 4) is 5.75 Å². The Hall–Kier alpha value is -2.24. The third kappa shape index (κ3) is 5.16. The molecule has 1 aliphatic rings. The minimum Gasteiger partial charge on any atom is -0.508 e. The summed E-state index contributed by atoms with van der Waals surface area (Å²) in [7, 11) is 0. The quantitative estimate of drug-likeness (QED) is 0.877. The number of amides is 2. The van der Waals surface area contributed by atoms with E-state index in [1.807, 2.05) is 20.8 Å². The normalized spacial score (nSPS) is 18.4. The Morgan fingerprint density at radius 3 is 2.74 bits per heavy atom. The summed E-state index contributed by atoms with van der Waals surface area (Å²) >= 11 is 0. The van der Waals surface area contributed by atoms with Crippen LogP contribution in [0.1, 0.15) is 44.0 Å². The minimum absolute atomic E-state index is 0.0525. The van der Waals surface area contributed by atoms with Gasteiger partial charge in [-0.15, -0.1) is 0 Å². The first-order valence-corrected chi connectivity index (χ1v) is 7.82. The average Bonchev–Trinajstić information content (AvgIpc) is 2.45. The van der Waals surface area contributed by atoms with Gasteiger partial charge in [0.2, 0.25) is 0 Å². The molecule has 0 aromatic heterocycles. The number of phenolic OH excluding ortho intramolecular Hbond substituents is 1. The van der Waals surface area contributed by atoms with Crippen LogP contribution in [-0.4, -0.2) is 46.7 Å². The van der Waals surface area contributed by atoms with Crippen molar-refractivity contribution in [2.24, 2.45) is 0 Å². The molecule has 0 saturated carbocycles. The molecule has 1 atom stereocenters. The van der Waals surface area contributed by atoms with Crippen molar-refractivity contribution in [3.05, 3.63) is 29.8 Å². The summed E-state index contributed by atoms with van der Waals surface area (Å²) in [5.41, 5.74) is -0.131.